The van der Waals surface area contributed by atoms with Crippen LogP contribution in [0.4, 0.5) is 0 Å². The van der Waals surface area contributed by atoms with Crippen LogP contribution in [-0.4, -0.2) is 32.5 Å². The van der Waals surface area contributed by atoms with E-state index in [1.165, 1.54) is 128 Å². The third-order valence-electron chi connectivity index (χ3n) is 7.84. The van der Waals surface area contributed by atoms with Gasteiger partial charge >= 0.3 is 0 Å². The van der Waals surface area contributed by atoms with Crippen LogP contribution in [0.15, 0.2) is 48.6 Å². The molecule has 1 unspecified atom stereocenters. The molecule has 0 aliphatic rings. The third-order valence-corrected chi connectivity index (χ3v) is 8.46. The molecule has 6 heteroatoms. The minimum atomic E-state index is -1.69. The Kier molecular flexibility index (Phi) is 38.7. The molecule has 0 saturated carbocycles. The molecule has 0 N–H and O–H groups in total. The quantitative estimate of drug-likeness (QED) is 0.0378. The van der Waals surface area contributed by atoms with Crippen LogP contribution in [0.3, 0.4) is 0 Å². The summed E-state index contributed by atoms with van der Waals surface area (Å²) in [6, 6.07) is 0. The first-order valence-electron chi connectivity index (χ1n) is 18.7. The molecule has 0 aliphatic carbocycles. The SMILES string of the molecule is CCCCC/C=C\C/C=C\CCCCCCCCOCC(CO[S-](=O)=S)OCCCCCCCC/C=C\C/C=C\CCCCC. The van der Waals surface area contributed by atoms with Crippen molar-refractivity contribution in [1.29, 1.82) is 0 Å². The third kappa shape index (κ3) is 39.3. The van der Waals surface area contributed by atoms with E-state index in [-0.39, 0.29) is 12.7 Å². The summed E-state index contributed by atoms with van der Waals surface area (Å²) in [5.41, 5.74) is 0. The first-order chi connectivity index (χ1) is 22.2. The first kappa shape index (κ1) is 44.2. The Balaban J connectivity index is 3.67. The molecular weight excluding hydrogens is 597 g/mol. The van der Waals surface area contributed by atoms with Gasteiger partial charge in [-0.25, -0.2) is 11.2 Å². The average molecular weight is 668 g/mol. The molecule has 0 aromatic rings. The Morgan fingerprint density at radius 2 is 0.911 bits per heavy atom. The van der Waals surface area contributed by atoms with Crippen LogP contribution in [0.25, 0.3) is 0 Å². The molecule has 0 saturated heterocycles. The fourth-order valence-electron chi connectivity index (χ4n) is 5.02. The van der Waals surface area contributed by atoms with Crippen molar-refractivity contribution in [2.45, 2.75) is 174 Å². The van der Waals surface area contributed by atoms with Crippen molar-refractivity contribution < 1.29 is 17.9 Å². The lowest BCUT2D eigenvalue weighted by Gasteiger charge is -2.19. The molecule has 0 bridgehead atoms. The van der Waals surface area contributed by atoms with Gasteiger partial charge < -0.3 is 17.9 Å². The molecule has 1 atom stereocenters. The topological polar surface area (TPSA) is 44.8 Å². The number of hydrogen-bond donors (Lipinski definition) is 0. The van der Waals surface area contributed by atoms with Crippen LogP contribution < -0.4 is 0 Å². The van der Waals surface area contributed by atoms with Crippen LogP contribution in [0, 0.1) is 0 Å². The molecule has 0 heterocycles. The summed E-state index contributed by atoms with van der Waals surface area (Å²) >= 11 is 4.66. The monoisotopic (exact) mass is 667 g/mol. The van der Waals surface area contributed by atoms with Gasteiger partial charge in [-0.1, -0.05) is 149 Å². The summed E-state index contributed by atoms with van der Waals surface area (Å²) in [7, 11) is -1.69. The van der Waals surface area contributed by atoms with Gasteiger partial charge in [0, 0.05) is 13.2 Å². The fraction of sp³-hybridized carbons (Fsp3) is 0.795. The van der Waals surface area contributed by atoms with Crippen molar-refractivity contribution in [3.8, 4) is 0 Å². The van der Waals surface area contributed by atoms with Gasteiger partial charge in [-0.05, 0) is 77.0 Å². The molecule has 0 amide bonds. The highest BCUT2D eigenvalue weighted by Crippen LogP contribution is 2.11. The predicted octanol–water partition coefficient (Wildman–Crippen LogP) is 12.4. The summed E-state index contributed by atoms with van der Waals surface area (Å²) in [6.07, 6.45) is 47.9. The van der Waals surface area contributed by atoms with E-state index in [4.69, 9.17) is 13.7 Å². The van der Waals surface area contributed by atoms with Crippen LogP contribution in [0.5, 0.6) is 0 Å². The maximum Gasteiger partial charge on any atom is 0.102 e. The van der Waals surface area contributed by atoms with E-state index in [0.717, 1.165) is 32.3 Å². The molecule has 45 heavy (non-hydrogen) atoms. The number of ether oxygens (including phenoxy) is 2. The van der Waals surface area contributed by atoms with Crippen molar-refractivity contribution in [3.63, 3.8) is 0 Å². The van der Waals surface area contributed by atoms with Gasteiger partial charge in [-0.3, -0.25) is 0 Å². The minimum absolute atomic E-state index is 0.209. The Labute approximate surface area is 286 Å². The minimum Gasteiger partial charge on any atom is -0.441 e. The predicted molar refractivity (Wildman–Crippen MR) is 201 cm³/mol. The number of rotatable bonds is 36. The zero-order chi connectivity index (χ0) is 32.7. The van der Waals surface area contributed by atoms with Crippen LogP contribution in [0.1, 0.15) is 168 Å². The molecule has 0 radical (unpaired) electrons. The van der Waals surface area contributed by atoms with Gasteiger partial charge in [0.15, 0.2) is 0 Å². The van der Waals surface area contributed by atoms with Gasteiger partial charge in [0.25, 0.3) is 0 Å². The van der Waals surface area contributed by atoms with Crippen molar-refractivity contribution in [1.82, 2.24) is 0 Å². The number of allylic oxidation sites excluding steroid dienone is 8. The lowest BCUT2D eigenvalue weighted by Crippen LogP contribution is -2.26. The second-order valence-corrected chi connectivity index (χ2v) is 13.7. The highest BCUT2D eigenvalue weighted by atomic mass is 32.8. The molecule has 4 nitrogen and oxygen atoms in total. The van der Waals surface area contributed by atoms with Gasteiger partial charge in [0.05, 0.1) is 13.2 Å². The van der Waals surface area contributed by atoms with E-state index in [0.29, 0.717) is 13.2 Å². The zero-order valence-electron chi connectivity index (χ0n) is 29.4. The summed E-state index contributed by atoms with van der Waals surface area (Å²) < 4.78 is 28.2. The first-order valence-corrected chi connectivity index (χ1v) is 20.7. The lowest BCUT2D eigenvalue weighted by atomic mass is 10.1. The van der Waals surface area contributed by atoms with E-state index in [9.17, 15) is 4.21 Å². The smallest absolute Gasteiger partial charge is 0.102 e. The molecular formula is C39H71O4S2-. The van der Waals surface area contributed by atoms with Crippen molar-refractivity contribution in [2.24, 2.45) is 0 Å². The van der Waals surface area contributed by atoms with Crippen molar-refractivity contribution in [3.05, 3.63) is 48.6 Å². The van der Waals surface area contributed by atoms with E-state index >= 15 is 0 Å². The van der Waals surface area contributed by atoms with Gasteiger partial charge in [0.1, 0.15) is 6.10 Å². The number of hydrogen-bond acceptors (Lipinski definition) is 6. The maximum absolute atomic E-state index is 11.2. The van der Waals surface area contributed by atoms with Crippen molar-refractivity contribution >= 4 is 20.8 Å². The van der Waals surface area contributed by atoms with Crippen LogP contribution >= 0.6 is 0 Å². The van der Waals surface area contributed by atoms with Gasteiger partial charge in [-0.15, -0.1) is 0 Å². The van der Waals surface area contributed by atoms with Crippen molar-refractivity contribution in [2.75, 3.05) is 26.4 Å². The molecule has 0 aliphatic heterocycles. The zero-order valence-corrected chi connectivity index (χ0v) is 31.1. The average Bonchev–Trinajstić information content (AvgIpc) is 3.04. The highest BCUT2D eigenvalue weighted by molar-refractivity contribution is 8.19. The lowest BCUT2D eigenvalue weighted by molar-refractivity contribution is -0.0366. The maximum atomic E-state index is 11.2. The number of unbranched alkanes of at least 4 members (excludes halogenated alkanes) is 18. The van der Waals surface area contributed by atoms with Crippen LogP contribution in [-0.2, 0) is 38.7 Å². The van der Waals surface area contributed by atoms with E-state index < -0.39 is 9.64 Å². The van der Waals surface area contributed by atoms with E-state index in [2.05, 4.69) is 73.6 Å². The second kappa shape index (κ2) is 39.4. The van der Waals surface area contributed by atoms with E-state index in [1.807, 2.05) is 0 Å². The Morgan fingerprint density at radius 1 is 0.511 bits per heavy atom. The molecule has 0 rings (SSSR count). The Hall–Kier alpha value is -0.790. The Morgan fingerprint density at radius 3 is 1.36 bits per heavy atom. The summed E-state index contributed by atoms with van der Waals surface area (Å²) in [4.78, 5) is 0. The largest absolute Gasteiger partial charge is 0.441 e. The van der Waals surface area contributed by atoms with Crippen LogP contribution in [0.2, 0.25) is 0 Å². The highest BCUT2D eigenvalue weighted by Gasteiger charge is 2.08. The van der Waals surface area contributed by atoms with Gasteiger partial charge in [0.2, 0.25) is 0 Å². The van der Waals surface area contributed by atoms with E-state index in [1.54, 1.807) is 0 Å². The fourth-order valence-corrected chi connectivity index (χ4v) is 5.45. The standard InChI is InChI=1S/C39H71O4S2/c1-3-5-7-9-11-13-15-17-19-21-23-25-27-29-31-33-35-41-37-39(38-43-45(40)44)42-36-34-32-30-28-26-24-22-20-18-16-14-12-10-8-6-4-2/h11-14,17-20,39H,3-10,15-16,21-38H2,1-2H3/q-1/b13-11-,14-12-,19-17-,20-18-. The Bertz CT molecular complexity index is 765. The molecule has 0 spiro atoms. The summed E-state index contributed by atoms with van der Waals surface area (Å²) in [6.45, 7) is 6.61. The second-order valence-electron chi connectivity index (χ2n) is 12.2. The summed E-state index contributed by atoms with van der Waals surface area (Å²) in [5, 5.41) is 0. The van der Waals surface area contributed by atoms with Gasteiger partial charge in [-0.2, -0.15) is 0 Å². The summed E-state index contributed by atoms with van der Waals surface area (Å²) in [5.74, 6) is 0. The molecule has 0 fully saturated rings. The normalized spacial score (nSPS) is 13.1. The molecule has 0 aromatic carbocycles. The molecule has 0 aromatic heterocycles. The molecule has 264 valence electrons.